The van der Waals surface area contributed by atoms with Crippen molar-refractivity contribution >= 4 is 17.2 Å². The lowest BCUT2D eigenvalue weighted by Crippen LogP contribution is -2.40. The van der Waals surface area contributed by atoms with Crippen LogP contribution in [0.1, 0.15) is 47.3 Å². The maximum absolute atomic E-state index is 12.2. The number of thiophene rings is 1. The lowest BCUT2D eigenvalue weighted by Gasteiger charge is -2.19. The summed E-state index contributed by atoms with van der Waals surface area (Å²) in [5.41, 5.74) is 1.35. The van der Waals surface area contributed by atoms with E-state index >= 15 is 0 Å². The number of fused-ring (bicyclic) bond motifs is 1. The van der Waals surface area contributed by atoms with Gasteiger partial charge < -0.3 is 10.4 Å². The van der Waals surface area contributed by atoms with Crippen LogP contribution >= 0.6 is 11.3 Å². The van der Waals surface area contributed by atoms with Crippen LogP contribution in [0.15, 0.2) is 6.07 Å². The smallest absolute Gasteiger partial charge is 0.261 e. The molecule has 0 spiro atoms. The molecule has 1 aromatic rings. The highest BCUT2D eigenvalue weighted by molar-refractivity contribution is 7.14. The lowest BCUT2D eigenvalue weighted by molar-refractivity contribution is 0.0901. The number of rotatable bonds is 4. The summed E-state index contributed by atoms with van der Waals surface area (Å²) in [5, 5.41) is 12.2. The Kier molecular flexibility index (Phi) is 4.63. The number of hydrogen-bond acceptors (Lipinski definition) is 3. The molecular weight excluding hydrogens is 258 g/mol. The van der Waals surface area contributed by atoms with Gasteiger partial charge in [-0.05, 0) is 42.7 Å². The summed E-state index contributed by atoms with van der Waals surface area (Å²) in [6, 6.07) is 1.88. The number of aliphatic hydroxyl groups excluding tert-OH is 1. The van der Waals surface area contributed by atoms with Crippen LogP contribution in [-0.2, 0) is 12.8 Å². The molecule has 0 aromatic carbocycles. The molecule has 2 unspecified atom stereocenters. The predicted octanol–water partition coefficient (Wildman–Crippen LogP) is 2.62. The second-order valence-electron chi connectivity index (χ2n) is 5.91. The van der Waals surface area contributed by atoms with Crippen molar-refractivity contribution in [3.63, 3.8) is 0 Å². The summed E-state index contributed by atoms with van der Waals surface area (Å²) in [6.45, 7) is 6.26. The highest BCUT2D eigenvalue weighted by Gasteiger charge is 2.22. The van der Waals surface area contributed by atoms with E-state index in [9.17, 15) is 9.90 Å². The van der Waals surface area contributed by atoms with Crippen molar-refractivity contribution < 1.29 is 9.90 Å². The van der Waals surface area contributed by atoms with E-state index in [-0.39, 0.29) is 24.5 Å². The molecule has 3 nitrogen and oxygen atoms in total. The molecule has 0 saturated carbocycles. The highest BCUT2D eigenvalue weighted by Crippen LogP contribution is 2.32. The van der Waals surface area contributed by atoms with Crippen LogP contribution in [0.3, 0.4) is 0 Å². The number of hydrogen-bond donors (Lipinski definition) is 2. The van der Waals surface area contributed by atoms with Gasteiger partial charge in [0.2, 0.25) is 0 Å². The van der Waals surface area contributed by atoms with Gasteiger partial charge in [0.15, 0.2) is 0 Å². The second-order valence-corrected chi connectivity index (χ2v) is 7.05. The van der Waals surface area contributed by atoms with Crippen molar-refractivity contribution in [1.82, 2.24) is 5.32 Å². The van der Waals surface area contributed by atoms with Crippen LogP contribution in [0, 0.1) is 11.8 Å². The first-order valence-corrected chi connectivity index (χ1v) is 7.86. The van der Waals surface area contributed by atoms with E-state index in [1.54, 1.807) is 11.3 Å². The molecule has 4 heteroatoms. The first-order valence-electron chi connectivity index (χ1n) is 7.04. The third-order valence-corrected chi connectivity index (χ3v) is 5.11. The normalized spacial score (nSPS) is 20.2. The number of aryl methyl sites for hydroxylation is 1. The Balaban J connectivity index is 2.08. The molecule has 1 amide bonds. The molecule has 19 heavy (non-hydrogen) atoms. The first kappa shape index (κ1) is 14.5. The number of amides is 1. The van der Waals surface area contributed by atoms with Gasteiger partial charge in [-0.25, -0.2) is 0 Å². The summed E-state index contributed by atoms with van der Waals surface area (Å²) in [7, 11) is 0. The maximum atomic E-state index is 12.2. The van der Waals surface area contributed by atoms with E-state index in [0.717, 1.165) is 23.6 Å². The fraction of sp³-hybridized carbons (Fsp3) is 0.667. The van der Waals surface area contributed by atoms with E-state index in [1.807, 2.05) is 19.9 Å². The van der Waals surface area contributed by atoms with Crippen LogP contribution in [0.4, 0.5) is 0 Å². The number of carbonyl (C=O) groups is 1. The van der Waals surface area contributed by atoms with Gasteiger partial charge in [-0.2, -0.15) is 0 Å². The summed E-state index contributed by atoms with van der Waals surface area (Å²) in [5.74, 6) is 0.919. The van der Waals surface area contributed by atoms with Gasteiger partial charge in [-0.3, -0.25) is 4.79 Å². The molecule has 1 aliphatic carbocycles. The van der Waals surface area contributed by atoms with E-state index in [2.05, 4.69) is 12.2 Å². The molecule has 2 N–H and O–H groups in total. The molecule has 0 bridgehead atoms. The molecule has 0 radical (unpaired) electrons. The summed E-state index contributed by atoms with van der Waals surface area (Å²) in [6.07, 6.45) is 3.41. The Labute approximate surface area is 119 Å². The topological polar surface area (TPSA) is 49.3 Å². The van der Waals surface area contributed by atoms with E-state index in [1.165, 1.54) is 16.9 Å². The van der Waals surface area contributed by atoms with Gasteiger partial charge in [0, 0.05) is 4.88 Å². The van der Waals surface area contributed by atoms with Crippen molar-refractivity contribution in [2.75, 3.05) is 6.61 Å². The SMILES string of the molecule is CC1CCc2sc(C(=O)NC(CO)C(C)C)cc2C1. The van der Waals surface area contributed by atoms with Crippen LogP contribution in [-0.4, -0.2) is 23.7 Å². The van der Waals surface area contributed by atoms with Gasteiger partial charge in [0.25, 0.3) is 5.91 Å². The number of nitrogens with one attached hydrogen (secondary N) is 1. The Morgan fingerprint density at radius 3 is 2.95 bits per heavy atom. The zero-order chi connectivity index (χ0) is 14.0. The molecule has 1 aliphatic rings. The molecule has 2 atom stereocenters. The quantitative estimate of drug-likeness (QED) is 0.891. The number of carbonyl (C=O) groups excluding carboxylic acids is 1. The van der Waals surface area contributed by atoms with E-state index in [4.69, 9.17) is 0 Å². The third-order valence-electron chi connectivity index (χ3n) is 3.87. The minimum atomic E-state index is -0.162. The van der Waals surface area contributed by atoms with Crippen molar-refractivity contribution in [3.05, 3.63) is 21.4 Å². The zero-order valence-corrected chi connectivity index (χ0v) is 12.7. The Morgan fingerprint density at radius 2 is 2.32 bits per heavy atom. The average molecular weight is 281 g/mol. The van der Waals surface area contributed by atoms with Gasteiger partial charge in [-0.1, -0.05) is 20.8 Å². The lowest BCUT2D eigenvalue weighted by atomic mass is 9.90. The van der Waals surface area contributed by atoms with Crippen LogP contribution < -0.4 is 5.32 Å². The second kappa shape index (κ2) is 6.06. The molecule has 0 fully saturated rings. The average Bonchev–Trinajstić information content (AvgIpc) is 2.78. The van der Waals surface area contributed by atoms with Gasteiger partial charge in [0.1, 0.15) is 0 Å². The molecule has 1 heterocycles. The van der Waals surface area contributed by atoms with Gasteiger partial charge in [0.05, 0.1) is 17.5 Å². The van der Waals surface area contributed by atoms with Crippen LogP contribution in [0.5, 0.6) is 0 Å². The molecule has 2 rings (SSSR count). The summed E-state index contributed by atoms with van der Waals surface area (Å²) >= 11 is 1.62. The van der Waals surface area contributed by atoms with Crippen LogP contribution in [0.2, 0.25) is 0 Å². The van der Waals surface area contributed by atoms with Crippen molar-refractivity contribution in [3.8, 4) is 0 Å². The molecule has 106 valence electrons. The van der Waals surface area contributed by atoms with Crippen molar-refractivity contribution in [2.24, 2.45) is 11.8 Å². The fourth-order valence-electron chi connectivity index (χ4n) is 2.48. The summed E-state index contributed by atoms with van der Waals surface area (Å²) < 4.78 is 0. The first-order chi connectivity index (χ1) is 9.01. The Bertz CT molecular complexity index is 453. The highest BCUT2D eigenvalue weighted by atomic mass is 32.1. The Hall–Kier alpha value is -0.870. The van der Waals surface area contributed by atoms with Gasteiger partial charge >= 0.3 is 0 Å². The van der Waals surface area contributed by atoms with E-state index in [0.29, 0.717) is 0 Å². The van der Waals surface area contributed by atoms with Crippen molar-refractivity contribution in [2.45, 2.75) is 46.1 Å². The third kappa shape index (κ3) is 3.37. The molecular formula is C15H23NO2S. The van der Waals surface area contributed by atoms with Crippen LogP contribution in [0.25, 0.3) is 0 Å². The monoisotopic (exact) mass is 281 g/mol. The fourth-order valence-corrected chi connectivity index (χ4v) is 3.59. The standard InChI is InChI=1S/C15H23NO2S/c1-9(2)12(8-17)16-15(18)14-7-11-6-10(3)4-5-13(11)19-14/h7,9-10,12,17H,4-6,8H2,1-3H3,(H,16,18). The Morgan fingerprint density at radius 1 is 1.58 bits per heavy atom. The van der Waals surface area contributed by atoms with E-state index < -0.39 is 0 Å². The largest absolute Gasteiger partial charge is 0.394 e. The maximum Gasteiger partial charge on any atom is 0.261 e. The molecule has 0 saturated heterocycles. The zero-order valence-electron chi connectivity index (χ0n) is 11.9. The molecule has 0 aliphatic heterocycles. The predicted molar refractivity (Wildman–Crippen MR) is 78.7 cm³/mol. The van der Waals surface area contributed by atoms with Gasteiger partial charge in [-0.15, -0.1) is 11.3 Å². The number of aliphatic hydroxyl groups is 1. The molecule has 1 aromatic heterocycles. The summed E-state index contributed by atoms with van der Waals surface area (Å²) in [4.78, 5) is 14.4. The minimum Gasteiger partial charge on any atom is -0.394 e. The van der Waals surface area contributed by atoms with Crippen molar-refractivity contribution in [1.29, 1.82) is 0 Å². The minimum absolute atomic E-state index is 0.00840.